The number of hydrazine groups is 1. The van der Waals surface area contributed by atoms with Crippen molar-refractivity contribution in [3.05, 3.63) is 58.6 Å². The predicted molar refractivity (Wildman–Crippen MR) is 87.4 cm³/mol. The number of pyridine rings is 1. The lowest BCUT2D eigenvalue weighted by molar-refractivity contribution is 1.31. The number of fused-ring (bicyclic) bond motifs is 1. The number of hydrogen-bond acceptors (Lipinski definition) is 3. The van der Waals surface area contributed by atoms with Crippen molar-refractivity contribution in [3.63, 3.8) is 0 Å². The van der Waals surface area contributed by atoms with Gasteiger partial charge in [-0.1, -0.05) is 46.3 Å². The van der Waals surface area contributed by atoms with E-state index >= 15 is 0 Å². The summed E-state index contributed by atoms with van der Waals surface area (Å²) >= 11 is 3.51. The molecular formula is C16H14BrN3. The summed E-state index contributed by atoms with van der Waals surface area (Å²) in [7, 11) is 0. The van der Waals surface area contributed by atoms with E-state index in [9.17, 15) is 0 Å². The zero-order valence-electron chi connectivity index (χ0n) is 11.0. The van der Waals surface area contributed by atoms with Gasteiger partial charge in [0.05, 0.1) is 16.9 Å². The molecule has 100 valence electrons. The normalized spacial score (nSPS) is 10.8. The van der Waals surface area contributed by atoms with E-state index in [0.717, 1.165) is 37.9 Å². The number of anilines is 1. The monoisotopic (exact) mass is 327 g/mol. The Morgan fingerprint density at radius 2 is 1.85 bits per heavy atom. The highest BCUT2D eigenvalue weighted by atomic mass is 79.9. The SMILES string of the molecule is Cc1cc(Br)cc2c(NN)cc(-c3ccccc3)nc12. The first kappa shape index (κ1) is 13.1. The Kier molecular flexibility index (Phi) is 3.42. The number of nitrogens with zero attached hydrogens (tertiary/aromatic N) is 1. The number of aryl methyl sites for hydroxylation is 1. The van der Waals surface area contributed by atoms with Crippen LogP contribution in [-0.4, -0.2) is 4.98 Å². The van der Waals surface area contributed by atoms with Crippen molar-refractivity contribution in [1.82, 2.24) is 4.98 Å². The molecule has 20 heavy (non-hydrogen) atoms. The molecule has 0 spiro atoms. The molecule has 0 saturated heterocycles. The largest absolute Gasteiger partial charge is 0.323 e. The average Bonchev–Trinajstić information content (AvgIpc) is 2.47. The van der Waals surface area contributed by atoms with Gasteiger partial charge >= 0.3 is 0 Å². The Balaban J connectivity index is 2.32. The maximum Gasteiger partial charge on any atom is 0.0760 e. The van der Waals surface area contributed by atoms with Gasteiger partial charge in [-0.2, -0.15) is 0 Å². The van der Waals surface area contributed by atoms with E-state index < -0.39 is 0 Å². The average molecular weight is 328 g/mol. The summed E-state index contributed by atoms with van der Waals surface area (Å²) in [5, 5.41) is 1.01. The third-order valence-corrected chi connectivity index (χ3v) is 3.75. The molecule has 3 rings (SSSR count). The van der Waals surface area contributed by atoms with Crippen LogP contribution in [0.5, 0.6) is 0 Å². The van der Waals surface area contributed by atoms with Crippen LogP contribution in [0.15, 0.2) is 53.0 Å². The van der Waals surface area contributed by atoms with E-state index in [1.54, 1.807) is 0 Å². The molecule has 0 saturated carbocycles. The molecule has 3 aromatic rings. The standard InChI is InChI=1S/C16H14BrN3/c1-10-7-12(17)8-13-15(20-18)9-14(19-16(10)13)11-5-3-2-4-6-11/h2-9H,18H2,1H3,(H,19,20). The second-order valence-corrected chi connectivity index (χ2v) is 5.60. The fraction of sp³-hybridized carbons (Fsp3) is 0.0625. The molecule has 0 aliphatic heterocycles. The molecular weight excluding hydrogens is 314 g/mol. The molecule has 0 atom stereocenters. The molecule has 0 amide bonds. The van der Waals surface area contributed by atoms with Crippen LogP contribution in [-0.2, 0) is 0 Å². The van der Waals surface area contributed by atoms with E-state index in [-0.39, 0.29) is 0 Å². The highest BCUT2D eigenvalue weighted by molar-refractivity contribution is 9.10. The predicted octanol–water partition coefficient (Wildman–Crippen LogP) is 4.26. The van der Waals surface area contributed by atoms with Gasteiger partial charge in [0.1, 0.15) is 0 Å². The Morgan fingerprint density at radius 3 is 2.55 bits per heavy atom. The van der Waals surface area contributed by atoms with Crippen LogP contribution >= 0.6 is 15.9 Å². The minimum Gasteiger partial charge on any atom is -0.323 e. The lowest BCUT2D eigenvalue weighted by Crippen LogP contribution is -2.08. The van der Waals surface area contributed by atoms with Gasteiger partial charge in [-0.25, -0.2) is 4.98 Å². The molecule has 0 aliphatic carbocycles. The third kappa shape index (κ3) is 2.28. The van der Waals surface area contributed by atoms with Gasteiger partial charge in [-0.3, -0.25) is 5.84 Å². The first-order chi connectivity index (χ1) is 9.69. The molecule has 0 fully saturated rings. The van der Waals surface area contributed by atoms with E-state index in [0.29, 0.717) is 0 Å². The van der Waals surface area contributed by atoms with Gasteiger partial charge in [-0.05, 0) is 30.7 Å². The summed E-state index contributed by atoms with van der Waals surface area (Å²) in [4.78, 5) is 4.78. The molecule has 0 radical (unpaired) electrons. The molecule has 0 unspecified atom stereocenters. The maximum atomic E-state index is 5.67. The number of nitrogens with two attached hydrogens (primary N) is 1. The number of aromatic nitrogens is 1. The molecule has 1 aromatic heterocycles. The maximum absolute atomic E-state index is 5.67. The number of nitrogens with one attached hydrogen (secondary N) is 1. The fourth-order valence-electron chi connectivity index (χ4n) is 2.33. The minimum absolute atomic E-state index is 0.873. The Hall–Kier alpha value is -1.91. The van der Waals surface area contributed by atoms with Crippen LogP contribution in [0.3, 0.4) is 0 Å². The number of nitrogen functional groups attached to an aromatic ring is 1. The zero-order chi connectivity index (χ0) is 14.1. The van der Waals surface area contributed by atoms with E-state index in [4.69, 9.17) is 10.8 Å². The van der Waals surface area contributed by atoms with Crippen LogP contribution < -0.4 is 11.3 Å². The van der Waals surface area contributed by atoms with Crippen molar-refractivity contribution in [2.24, 2.45) is 5.84 Å². The third-order valence-electron chi connectivity index (χ3n) is 3.29. The molecule has 0 aliphatic rings. The van der Waals surface area contributed by atoms with Gasteiger partial charge in [0.2, 0.25) is 0 Å². The number of rotatable bonds is 2. The van der Waals surface area contributed by atoms with Crippen LogP contribution in [0.1, 0.15) is 5.56 Å². The molecule has 2 aromatic carbocycles. The second-order valence-electron chi connectivity index (χ2n) is 4.68. The molecule has 3 nitrogen and oxygen atoms in total. The Morgan fingerprint density at radius 1 is 1.10 bits per heavy atom. The molecule has 1 heterocycles. The van der Waals surface area contributed by atoms with E-state index in [1.165, 1.54) is 0 Å². The van der Waals surface area contributed by atoms with Gasteiger partial charge in [0, 0.05) is 15.4 Å². The van der Waals surface area contributed by atoms with Gasteiger partial charge < -0.3 is 5.43 Å². The molecule has 3 N–H and O–H groups in total. The van der Waals surface area contributed by atoms with Crippen molar-refractivity contribution in [2.75, 3.05) is 5.43 Å². The van der Waals surface area contributed by atoms with Crippen molar-refractivity contribution in [2.45, 2.75) is 6.92 Å². The summed E-state index contributed by atoms with van der Waals surface area (Å²) < 4.78 is 1.02. The Bertz CT molecular complexity index is 770. The summed E-state index contributed by atoms with van der Waals surface area (Å²) in [6, 6.07) is 16.2. The summed E-state index contributed by atoms with van der Waals surface area (Å²) in [6.45, 7) is 2.05. The van der Waals surface area contributed by atoms with Gasteiger partial charge in [0.25, 0.3) is 0 Å². The van der Waals surface area contributed by atoms with Crippen molar-refractivity contribution in [3.8, 4) is 11.3 Å². The van der Waals surface area contributed by atoms with Crippen molar-refractivity contribution < 1.29 is 0 Å². The van der Waals surface area contributed by atoms with Gasteiger partial charge in [-0.15, -0.1) is 0 Å². The first-order valence-corrected chi connectivity index (χ1v) is 7.11. The van der Waals surface area contributed by atoms with Crippen LogP contribution in [0, 0.1) is 6.92 Å². The topological polar surface area (TPSA) is 50.9 Å². The molecule has 0 bridgehead atoms. The first-order valence-electron chi connectivity index (χ1n) is 6.32. The van der Waals surface area contributed by atoms with Crippen LogP contribution in [0.25, 0.3) is 22.2 Å². The molecule has 4 heteroatoms. The summed E-state index contributed by atoms with van der Waals surface area (Å²) in [5.74, 6) is 5.67. The van der Waals surface area contributed by atoms with Crippen LogP contribution in [0.4, 0.5) is 5.69 Å². The smallest absolute Gasteiger partial charge is 0.0760 e. The Labute approximate surface area is 125 Å². The second kappa shape index (κ2) is 5.23. The van der Waals surface area contributed by atoms with Crippen LogP contribution in [0.2, 0.25) is 0 Å². The number of benzene rings is 2. The fourth-order valence-corrected chi connectivity index (χ4v) is 2.90. The summed E-state index contributed by atoms with van der Waals surface area (Å²) in [5.41, 5.74) is 7.71. The lowest BCUT2D eigenvalue weighted by atomic mass is 10.1. The highest BCUT2D eigenvalue weighted by Crippen LogP contribution is 2.31. The van der Waals surface area contributed by atoms with Gasteiger partial charge in [0.15, 0.2) is 0 Å². The number of halogens is 1. The van der Waals surface area contributed by atoms with Crippen molar-refractivity contribution in [1.29, 1.82) is 0 Å². The zero-order valence-corrected chi connectivity index (χ0v) is 12.6. The quantitative estimate of drug-likeness (QED) is 0.546. The van der Waals surface area contributed by atoms with Crippen molar-refractivity contribution >= 4 is 32.5 Å². The number of hydrogen-bond donors (Lipinski definition) is 2. The minimum atomic E-state index is 0.873. The summed E-state index contributed by atoms with van der Waals surface area (Å²) in [6.07, 6.45) is 0. The van der Waals surface area contributed by atoms with E-state index in [2.05, 4.69) is 34.3 Å². The lowest BCUT2D eigenvalue weighted by Gasteiger charge is -2.11. The highest BCUT2D eigenvalue weighted by Gasteiger charge is 2.09. The van der Waals surface area contributed by atoms with E-state index in [1.807, 2.05) is 42.5 Å².